The van der Waals surface area contributed by atoms with Crippen LogP contribution in [0.1, 0.15) is 20.3 Å². The maximum atomic E-state index is 11.9. The number of carbonyl (C=O) groups excluding carboxylic acids is 1. The number of amides is 1. The minimum atomic E-state index is -0.535. The molecule has 1 amide bonds. The van der Waals surface area contributed by atoms with Crippen LogP contribution in [0, 0.1) is 5.92 Å². The first-order valence-corrected chi connectivity index (χ1v) is 6.21. The zero-order chi connectivity index (χ0) is 13.7. The van der Waals surface area contributed by atoms with Crippen LogP contribution in [0.15, 0.2) is 18.2 Å². The molecule has 4 nitrogen and oxygen atoms in total. The van der Waals surface area contributed by atoms with E-state index < -0.39 is 6.04 Å². The van der Waals surface area contributed by atoms with Crippen molar-refractivity contribution in [2.75, 3.05) is 12.4 Å². The Bertz CT molecular complexity index is 421. The maximum Gasteiger partial charge on any atom is 0.241 e. The molecule has 0 aromatic heterocycles. The van der Waals surface area contributed by atoms with E-state index in [2.05, 4.69) is 5.32 Å². The maximum absolute atomic E-state index is 11.9. The topological polar surface area (TPSA) is 64.3 Å². The van der Waals surface area contributed by atoms with Gasteiger partial charge in [0.05, 0.1) is 23.9 Å². The van der Waals surface area contributed by atoms with Crippen LogP contribution in [0.25, 0.3) is 0 Å². The molecule has 0 spiro atoms. The quantitative estimate of drug-likeness (QED) is 0.865. The first-order chi connectivity index (χ1) is 8.43. The van der Waals surface area contributed by atoms with E-state index in [4.69, 9.17) is 22.1 Å². The number of carbonyl (C=O) groups is 1. The Morgan fingerprint density at radius 1 is 1.50 bits per heavy atom. The number of methoxy groups -OCH3 is 1. The van der Waals surface area contributed by atoms with Crippen LogP contribution in [0.2, 0.25) is 5.02 Å². The summed E-state index contributed by atoms with van der Waals surface area (Å²) in [5, 5.41) is 3.17. The Morgan fingerprint density at radius 2 is 2.17 bits per heavy atom. The van der Waals surface area contributed by atoms with E-state index >= 15 is 0 Å². The molecule has 1 aromatic carbocycles. The lowest BCUT2D eigenvalue weighted by molar-refractivity contribution is -0.117. The van der Waals surface area contributed by atoms with E-state index in [1.54, 1.807) is 25.3 Å². The van der Waals surface area contributed by atoms with Gasteiger partial charge in [0.1, 0.15) is 5.75 Å². The van der Waals surface area contributed by atoms with Crippen LogP contribution in [0.5, 0.6) is 5.75 Å². The molecule has 0 aliphatic heterocycles. The SMILES string of the molecule is COc1ccc(Cl)c(NC(=O)C(N)CC(C)C)c1. The molecule has 0 saturated heterocycles. The molecule has 100 valence electrons. The molecule has 0 heterocycles. The third-order valence-electron chi connectivity index (χ3n) is 2.49. The fourth-order valence-corrected chi connectivity index (χ4v) is 1.73. The number of hydrogen-bond acceptors (Lipinski definition) is 3. The van der Waals surface area contributed by atoms with Crippen molar-refractivity contribution < 1.29 is 9.53 Å². The number of rotatable bonds is 5. The summed E-state index contributed by atoms with van der Waals surface area (Å²) >= 11 is 6.00. The van der Waals surface area contributed by atoms with Crippen molar-refractivity contribution in [1.29, 1.82) is 0 Å². The Kier molecular flexibility index (Phi) is 5.44. The molecule has 0 saturated carbocycles. The van der Waals surface area contributed by atoms with Gasteiger partial charge in [-0.25, -0.2) is 0 Å². The van der Waals surface area contributed by atoms with Gasteiger partial charge in [-0.2, -0.15) is 0 Å². The number of anilines is 1. The van der Waals surface area contributed by atoms with E-state index in [0.29, 0.717) is 28.8 Å². The fraction of sp³-hybridized carbons (Fsp3) is 0.462. The average molecular weight is 271 g/mol. The normalized spacial score (nSPS) is 12.3. The van der Waals surface area contributed by atoms with Crippen LogP contribution in [0.3, 0.4) is 0 Å². The highest BCUT2D eigenvalue weighted by Gasteiger charge is 2.16. The van der Waals surface area contributed by atoms with E-state index in [1.807, 2.05) is 13.8 Å². The molecule has 0 aliphatic rings. The van der Waals surface area contributed by atoms with Crippen LogP contribution in [0.4, 0.5) is 5.69 Å². The molecule has 1 unspecified atom stereocenters. The van der Waals surface area contributed by atoms with E-state index in [0.717, 1.165) is 0 Å². The van der Waals surface area contributed by atoms with Crippen LogP contribution < -0.4 is 15.8 Å². The van der Waals surface area contributed by atoms with Gasteiger partial charge >= 0.3 is 0 Å². The van der Waals surface area contributed by atoms with E-state index in [9.17, 15) is 4.79 Å². The fourth-order valence-electron chi connectivity index (χ4n) is 1.57. The molecular formula is C13H19ClN2O2. The summed E-state index contributed by atoms with van der Waals surface area (Å²) in [6, 6.07) is 4.53. The summed E-state index contributed by atoms with van der Waals surface area (Å²) in [6.07, 6.45) is 0.632. The molecule has 0 fully saturated rings. The molecular weight excluding hydrogens is 252 g/mol. The summed E-state index contributed by atoms with van der Waals surface area (Å²) in [4.78, 5) is 11.9. The standard InChI is InChI=1S/C13H19ClN2O2/c1-8(2)6-11(15)13(17)16-12-7-9(18-3)4-5-10(12)14/h4-5,7-8,11H,6,15H2,1-3H3,(H,16,17). The highest BCUT2D eigenvalue weighted by atomic mass is 35.5. The lowest BCUT2D eigenvalue weighted by Crippen LogP contribution is -2.36. The zero-order valence-corrected chi connectivity index (χ0v) is 11.6. The summed E-state index contributed by atoms with van der Waals surface area (Å²) in [7, 11) is 1.55. The Balaban J connectivity index is 2.74. The molecule has 18 heavy (non-hydrogen) atoms. The van der Waals surface area contributed by atoms with Gasteiger partial charge in [-0.3, -0.25) is 4.79 Å². The smallest absolute Gasteiger partial charge is 0.241 e. The second-order valence-corrected chi connectivity index (χ2v) is 4.98. The van der Waals surface area contributed by atoms with Crippen molar-refractivity contribution in [1.82, 2.24) is 0 Å². The predicted octanol–water partition coefficient (Wildman–Crippen LogP) is 2.66. The second-order valence-electron chi connectivity index (χ2n) is 4.57. The number of benzene rings is 1. The Hall–Kier alpha value is -1.26. The highest BCUT2D eigenvalue weighted by Crippen LogP contribution is 2.26. The first kappa shape index (κ1) is 14.8. The summed E-state index contributed by atoms with van der Waals surface area (Å²) in [6.45, 7) is 4.04. The largest absolute Gasteiger partial charge is 0.497 e. The van der Waals surface area contributed by atoms with Crippen molar-refractivity contribution in [2.45, 2.75) is 26.3 Å². The molecule has 1 aromatic rings. The third kappa shape index (κ3) is 4.20. The van der Waals surface area contributed by atoms with Crippen molar-refractivity contribution in [3.63, 3.8) is 0 Å². The second kappa shape index (κ2) is 6.61. The molecule has 0 aliphatic carbocycles. The number of halogens is 1. The van der Waals surface area contributed by atoms with Crippen LogP contribution >= 0.6 is 11.6 Å². The van der Waals surface area contributed by atoms with Gasteiger partial charge in [-0.15, -0.1) is 0 Å². The monoisotopic (exact) mass is 270 g/mol. The van der Waals surface area contributed by atoms with Gasteiger partial charge in [0, 0.05) is 6.07 Å². The summed E-state index contributed by atoms with van der Waals surface area (Å²) in [5.41, 5.74) is 6.31. The minimum absolute atomic E-state index is 0.237. The summed E-state index contributed by atoms with van der Waals surface area (Å²) < 4.78 is 5.08. The van der Waals surface area contributed by atoms with Gasteiger partial charge in [0.25, 0.3) is 0 Å². The zero-order valence-electron chi connectivity index (χ0n) is 10.9. The van der Waals surface area contributed by atoms with Gasteiger partial charge in [0.2, 0.25) is 5.91 Å². The van der Waals surface area contributed by atoms with Gasteiger partial charge in [-0.1, -0.05) is 25.4 Å². The van der Waals surface area contributed by atoms with Crippen molar-refractivity contribution in [2.24, 2.45) is 11.7 Å². The predicted molar refractivity (Wildman–Crippen MR) is 74.1 cm³/mol. The van der Waals surface area contributed by atoms with Crippen LogP contribution in [-0.2, 0) is 4.79 Å². The van der Waals surface area contributed by atoms with Crippen molar-refractivity contribution in [3.8, 4) is 5.75 Å². The molecule has 3 N–H and O–H groups in total. The third-order valence-corrected chi connectivity index (χ3v) is 2.82. The van der Waals surface area contributed by atoms with E-state index in [1.165, 1.54) is 0 Å². The Morgan fingerprint density at radius 3 is 2.72 bits per heavy atom. The molecule has 5 heteroatoms. The molecule has 1 atom stereocenters. The summed E-state index contributed by atoms with van der Waals surface area (Å²) in [5.74, 6) is 0.762. The molecule has 0 bridgehead atoms. The lowest BCUT2D eigenvalue weighted by Gasteiger charge is -2.15. The number of nitrogens with two attached hydrogens (primary N) is 1. The average Bonchev–Trinajstić information content (AvgIpc) is 2.31. The number of hydrogen-bond donors (Lipinski definition) is 2. The first-order valence-electron chi connectivity index (χ1n) is 5.84. The van der Waals surface area contributed by atoms with E-state index in [-0.39, 0.29) is 5.91 Å². The van der Waals surface area contributed by atoms with Crippen LogP contribution in [-0.4, -0.2) is 19.1 Å². The van der Waals surface area contributed by atoms with Gasteiger partial charge in [0.15, 0.2) is 0 Å². The Labute approximate surface area is 112 Å². The molecule has 0 radical (unpaired) electrons. The van der Waals surface area contributed by atoms with Crippen molar-refractivity contribution >= 4 is 23.2 Å². The van der Waals surface area contributed by atoms with Crippen molar-refractivity contribution in [3.05, 3.63) is 23.2 Å². The molecule has 1 rings (SSSR count). The minimum Gasteiger partial charge on any atom is -0.497 e. The lowest BCUT2D eigenvalue weighted by atomic mass is 10.0. The number of ether oxygens (including phenoxy) is 1. The highest BCUT2D eigenvalue weighted by molar-refractivity contribution is 6.33. The number of nitrogens with one attached hydrogen (secondary N) is 1. The van der Waals surface area contributed by atoms with Gasteiger partial charge < -0.3 is 15.8 Å². The van der Waals surface area contributed by atoms with Gasteiger partial charge in [-0.05, 0) is 24.5 Å².